The number of nitrogens with one attached hydrogen (secondary N) is 2. The molecule has 0 saturated heterocycles. The first kappa shape index (κ1) is 15.2. The van der Waals surface area contributed by atoms with Crippen LogP contribution < -0.4 is 10.6 Å². The zero-order valence-corrected chi connectivity index (χ0v) is 13.4. The molecular formula is C16H23N5. The van der Waals surface area contributed by atoms with Crippen LogP contribution >= 0.6 is 0 Å². The molecule has 0 saturated carbocycles. The molecule has 0 aromatic carbocycles. The predicted molar refractivity (Wildman–Crippen MR) is 86.6 cm³/mol. The number of hydrogen-bond donors (Lipinski definition) is 2. The Balaban J connectivity index is 2.22. The highest BCUT2D eigenvalue weighted by molar-refractivity contribution is 5.48. The lowest BCUT2D eigenvalue weighted by Gasteiger charge is -2.19. The molecular weight excluding hydrogens is 262 g/mol. The monoisotopic (exact) mass is 285 g/mol. The molecule has 0 aliphatic carbocycles. The lowest BCUT2D eigenvalue weighted by Crippen LogP contribution is -2.18. The summed E-state index contributed by atoms with van der Waals surface area (Å²) in [4.78, 5) is 13.3. The van der Waals surface area contributed by atoms with Crippen LogP contribution in [0.3, 0.4) is 0 Å². The van der Waals surface area contributed by atoms with E-state index in [9.17, 15) is 0 Å². The van der Waals surface area contributed by atoms with Crippen molar-refractivity contribution in [3.8, 4) is 0 Å². The van der Waals surface area contributed by atoms with Crippen molar-refractivity contribution >= 4 is 11.6 Å². The Kier molecular flexibility index (Phi) is 4.40. The van der Waals surface area contributed by atoms with Crippen molar-refractivity contribution in [3.63, 3.8) is 0 Å². The summed E-state index contributed by atoms with van der Waals surface area (Å²) in [5.74, 6) is 2.46. The highest BCUT2D eigenvalue weighted by atomic mass is 15.1. The van der Waals surface area contributed by atoms with Gasteiger partial charge in [-0.15, -0.1) is 0 Å². The fraction of sp³-hybridized carbons (Fsp3) is 0.438. The van der Waals surface area contributed by atoms with Crippen molar-refractivity contribution in [1.82, 2.24) is 15.0 Å². The Morgan fingerprint density at radius 3 is 2.48 bits per heavy atom. The lowest BCUT2D eigenvalue weighted by atomic mass is 9.96. The SMILES string of the molecule is CNc1cc(NCc2cnccc2C)nc(C(C)(C)C)n1. The van der Waals surface area contributed by atoms with Crippen molar-refractivity contribution in [1.29, 1.82) is 0 Å². The molecule has 0 fully saturated rings. The molecule has 0 atom stereocenters. The molecule has 0 unspecified atom stereocenters. The van der Waals surface area contributed by atoms with Gasteiger partial charge in [0, 0.05) is 37.5 Å². The van der Waals surface area contributed by atoms with E-state index in [1.165, 1.54) is 11.1 Å². The third-order valence-electron chi connectivity index (χ3n) is 3.26. The largest absolute Gasteiger partial charge is 0.373 e. The minimum Gasteiger partial charge on any atom is -0.373 e. The second-order valence-electron chi connectivity index (χ2n) is 6.12. The molecule has 112 valence electrons. The maximum atomic E-state index is 4.61. The summed E-state index contributed by atoms with van der Waals surface area (Å²) in [7, 11) is 1.86. The molecule has 21 heavy (non-hydrogen) atoms. The van der Waals surface area contributed by atoms with Gasteiger partial charge in [-0.05, 0) is 24.1 Å². The topological polar surface area (TPSA) is 62.7 Å². The van der Waals surface area contributed by atoms with Crippen molar-refractivity contribution in [2.45, 2.75) is 39.7 Å². The van der Waals surface area contributed by atoms with Crippen LogP contribution in [0.2, 0.25) is 0 Å². The number of anilines is 2. The number of rotatable bonds is 4. The van der Waals surface area contributed by atoms with E-state index in [2.05, 4.69) is 53.3 Å². The van der Waals surface area contributed by atoms with Gasteiger partial charge in [0.1, 0.15) is 17.5 Å². The van der Waals surface area contributed by atoms with E-state index in [1.807, 2.05) is 25.4 Å². The number of nitrogens with zero attached hydrogens (tertiary/aromatic N) is 3. The quantitative estimate of drug-likeness (QED) is 0.903. The molecule has 2 heterocycles. The molecule has 0 bridgehead atoms. The molecule has 5 heteroatoms. The van der Waals surface area contributed by atoms with E-state index in [4.69, 9.17) is 0 Å². The summed E-state index contributed by atoms with van der Waals surface area (Å²) in [6.45, 7) is 9.10. The van der Waals surface area contributed by atoms with Gasteiger partial charge in [-0.25, -0.2) is 9.97 Å². The van der Waals surface area contributed by atoms with Crippen LogP contribution in [0.1, 0.15) is 37.7 Å². The van der Waals surface area contributed by atoms with Crippen LogP contribution in [-0.2, 0) is 12.0 Å². The fourth-order valence-electron chi connectivity index (χ4n) is 1.87. The van der Waals surface area contributed by atoms with E-state index < -0.39 is 0 Å². The second-order valence-corrected chi connectivity index (χ2v) is 6.12. The van der Waals surface area contributed by atoms with Crippen molar-refractivity contribution in [3.05, 3.63) is 41.5 Å². The molecule has 2 aromatic heterocycles. The zero-order valence-electron chi connectivity index (χ0n) is 13.4. The lowest BCUT2D eigenvalue weighted by molar-refractivity contribution is 0.546. The fourth-order valence-corrected chi connectivity index (χ4v) is 1.87. The van der Waals surface area contributed by atoms with Gasteiger partial charge < -0.3 is 10.6 Å². The molecule has 0 radical (unpaired) electrons. The summed E-state index contributed by atoms with van der Waals surface area (Å²) in [5.41, 5.74) is 2.30. The Bertz CT molecular complexity index is 616. The van der Waals surface area contributed by atoms with Gasteiger partial charge in [0.2, 0.25) is 0 Å². The maximum absolute atomic E-state index is 4.61. The first-order valence-corrected chi connectivity index (χ1v) is 7.11. The van der Waals surface area contributed by atoms with Gasteiger partial charge in [-0.2, -0.15) is 0 Å². The molecule has 2 aromatic rings. The summed E-state index contributed by atoms with van der Waals surface area (Å²) >= 11 is 0. The van der Waals surface area contributed by atoms with Crippen molar-refractivity contribution < 1.29 is 0 Å². The van der Waals surface area contributed by atoms with E-state index in [1.54, 1.807) is 6.20 Å². The first-order valence-electron chi connectivity index (χ1n) is 7.11. The Labute approximate surface area is 126 Å². The van der Waals surface area contributed by atoms with Gasteiger partial charge in [0.15, 0.2) is 0 Å². The van der Waals surface area contributed by atoms with Gasteiger partial charge in [-0.1, -0.05) is 20.8 Å². The predicted octanol–water partition coefficient (Wildman–Crippen LogP) is 3.13. The van der Waals surface area contributed by atoms with Crippen LogP contribution in [0, 0.1) is 6.92 Å². The molecule has 0 aliphatic rings. The second kappa shape index (κ2) is 6.08. The number of pyridine rings is 1. The van der Waals surface area contributed by atoms with E-state index in [0.717, 1.165) is 17.5 Å². The molecule has 2 N–H and O–H groups in total. The average molecular weight is 285 g/mol. The van der Waals surface area contributed by atoms with Crippen LogP contribution in [-0.4, -0.2) is 22.0 Å². The summed E-state index contributed by atoms with van der Waals surface area (Å²) < 4.78 is 0. The molecule has 5 nitrogen and oxygen atoms in total. The average Bonchev–Trinajstić information content (AvgIpc) is 2.45. The van der Waals surface area contributed by atoms with Crippen LogP contribution in [0.25, 0.3) is 0 Å². The standard InChI is InChI=1S/C16H23N5/c1-11-6-7-18-9-12(11)10-19-14-8-13(17-5)20-15(21-14)16(2,3)4/h6-9H,10H2,1-5H3,(H2,17,19,20,21). The van der Waals surface area contributed by atoms with Gasteiger partial charge >= 0.3 is 0 Å². The van der Waals surface area contributed by atoms with Crippen LogP contribution in [0.4, 0.5) is 11.6 Å². The molecule has 0 amide bonds. The first-order chi connectivity index (χ1) is 9.90. The van der Waals surface area contributed by atoms with E-state index in [0.29, 0.717) is 6.54 Å². The van der Waals surface area contributed by atoms with Crippen molar-refractivity contribution in [2.24, 2.45) is 0 Å². The van der Waals surface area contributed by atoms with Gasteiger partial charge in [-0.3, -0.25) is 4.98 Å². The van der Waals surface area contributed by atoms with Crippen LogP contribution in [0.15, 0.2) is 24.5 Å². The smallest absolute Gasteiger partial charge is 0.138 e. The molecule has 0 aliphatic heterocycles. The summed E-state index contributed by atoms with van der Waals surface area (Å²) in [6.07, 6.45) is 3.69. The minimum atomic E-state index is -0.0898. The number of hydrogen-bond acceptors (Lipinski definition) is 5. The normalized spacial score (nSPS) is 11.3. The Hall–Kier alpha value is -2.17. The summed E-state index contributed by atoms with van der Waals surface area (Å²) in [6, 6.07) is 3.93. The Morgan fingerprint density at radius 1 is 1.14 bits per heavy atom. The zero-order chi connectivity index (χ0) is 15.5. The maximum Gasteiger partial charge on any atom is 0.138 e. The van der Waals surface area contributed by atoms with Gasteiger partial charge in [0.05, 0.1) is 0 Å². The third kappa shape index (κ3) is 3.90. The van der Waals surface area contributed by atoms with Gasteiger partial charge in [0.25, 0.3) is 0 Å². The number of aromatic nitrogens is 3. The highest BCUT2D eigenvalue weighted by Crippen LogP contribution is 2.22. The summed E-state index contributed by atoms with van der Waals surface area (Å²) in [5, 5.41) is 6.44. The third-order valence-corrected chi connectivity index (χ3v) is 3.26. The minimum absolute atomic E-state index is 0.0898. The Morgan fingerprint density at radius 2 is 1.86 bits per heavy atom. The van der Waals surface area contributed by atoms with Crippen LogP contribution in [0.5, 0.6) is 0 Å². The molecule has 2 rings (SSSR count). The van der Waals surface area contributed by atoms with Crippen molar-refractivity contribution in [2.75, 3.05) is 17.7 Å². The molecule has 0 spiro atoms. The van der Waals surface area contributed by atoms with E-state index in [-0.39, 0.29) is 5.41 Å². The van der Waals surface area contributed by atoms with E-state index >= 15 is 0 Å². The number of aryl methyl sites for hydroxylation is 1. The highest BCUT2D eigenvalue weighted by Gasteiger charge is 2.19.